The molecule has 1 N–H and O–H groups in total. The van der Waals surface area contributed by atoms with Gasteiger partial charge in [0.05, 0.1) is 5.41 Å². The minimum absolute atomic E-state index is 0.00963. The summed E-state index contributed by atoms with van der Waals surface area (Å²) in [4.78, 5) is 25.8. The highest BCUT2D eigenvalue weighted by Crippen LogP contribution is 2.67. The van der Waals surface area contributed by atoms with Crippen LogP contribution >= 0.6 is 0 Å². The first-order chi connectivity index (χ1) is 18.2. The molecular formula is C30H43F4NO3. The van der Waals surface area contributed by atoms with Gasteiger partial charge in [-0.25, -0.2) is 8.78 Å². The Morgan fingerprint density at radius 3 is 1.74 bits per heavy atom. The number of hydrogen-bond donors (Lipinski definition) is 1. The fourth-order valence-electron chi connectivity index (χ4n) is 6.09. The molecule has 38 heavy (non-hydrogen) atoms. The van der Waals surface area contributed by atoms with E-state index in [0.29, 0.717) is 19.3 Å². The highest BCUT2D eigenvalue weighted by molar-refractivity contribution is 5.87. The van der Waals surface area contributed by atoms with Gasteiger partial charge in [0.15, 0.2) is 11.6 Å². The van der Waals surface area contributed by atoms with Crippen LogP contribution in [0, 0.1) is 34.6 Å². The summed E-state index contributed by atoms with van der Waals surface area (Å²) in [6.07, 6.45) is 16.6. The van der Waals surface area contributed by atoms with Crippen molar-refractivity contribution in [1.82, 2.24) is 5.32 Å². The van der Waals surface area contributed by atoms with Crippen molar-refractivity contribution in [3.05, 3.63) is 29.3 Å². The van der Waals surface area contributed by atoms with Crippen molar-refractivity contribution >= 4 is 11.9 Å². The Morgan fingerprint density at radius 1 is 0.789 bits per heavy atom. The zero-order valence-electron chi connectivity index (χ0n) is 22.9. The first-order valence-electron chi connectivity index (χ1n) is 14.5. The molecule has 3 fully saturated rings. The molecule has 3 saturated carbocycles. The second-order valence-corrected chi connectivity index (χ2v) is 11.6. The lowest BCUT2D eigenvalue weighted by molar-refractivity contribution is -0.198. The van der Waals surface area contributed by atoms with Gasteiger partial charge in [-0.1, -0.05) is 90.9 Å². The number of carbonyl (C=O) groups excluding carboxylic acids is 2. The summed E-state index contributed by atoms with van der Waals surface area (Å²) in [5.74, 6) is -9.07. The van der Waals surface area contributed by atoms with Gasteiger partial charge < -0.3 is 10.1 Å². The first kappa shape index (κ1) is 30.4. The Hall–Kier alpha value is -2.12. The summed E-state index contributed by atoms with van der Waals surface area (Å²) in [7, 11) is 0. The molecule has 0 radical (unpaired) electrons. The van der Waals surface area contributed by atoms with Crippen LogP contribution in [0.4, 0.5) is 17.6 Å². The number of amides is 1. The van der Waals surface area contributed by atoms with E-state index in [2.05, 4.69) is 19.2 Å². The fourth-order valence-corrected chi connectivity index (χ4v) is 6.09. The number of rotatable bonds is 18. The molecule has 0 heterocycles. The van der Waals surface area contributed by atoms with E-state index >= 15 is 0 Å². The van der Waals surface area contributed by atoms with Crippen LogP contribution in [-0.2, 0) is 9.59 Å². The van der Waals surface area contributed by atoms with Crippen molar-refractivity contribution < 1.29 is 31.9 Å². The highest BCUT2D eigenvalue weighted by atomic mass is 19.2. The molecule has 1 atom stereocenters. The predicted molar refractivity (Wildman–Crippen MR) is 139 cm³/mol. The Bertz CT molecular complexity index is 921. The minimum atomic E-state index is -1.74. The smallest absolute Gasteiger partial charge is 0.317 e. The molecule has 2 bridgehead atoms. The van der Waals surface area contributed by atoms with Crippen molar-refractivity contribution in [1.29, 1.82) is 0 Å². The minimum Gasteiger partial charge on any atom is -0.420 e. The van der Waals surface area contributed by atoms with E-state index < -0.39 is 45.9 Å². The van der Waals surface area contributed by atoms with Gasteiger partial charge in [0.2, 0.25) is 23.3 Å². The molecule has 0 saturated heterocycles. The van der Waals surface area contributed by atoms with Crippen molar-refractivity contribution in [2.45, 2.75) is 129 Å². The molecule has 1 unspecified atom stereocenters. The van der Waals surface area contributed by atoms with Crippen LogP contribution in [0.3, 0.4) is 0 Å². The van der Waals surface area contributed by atoms with Gasteiger partial charge in [-0.05, 0) is 32.1 Å². The van der Waals surface area contributed by atoms with Crippen LogP contribution in [-0.4, -0.2) is 17.4 Å². The van der Waals surface area contributed by atoms with E-state index in [-0.39, 0.29) is 17.9 Å². The largest absolute Gasteiger partial charge is 0.420 e. The van der Waals surface area contributed by atoms with E-state index in [0.717, 1.165) is 51.4 Å². The molecule has 4 nitrogen and oxygen atoms in total. The molecule has 3 aliphatic carbocycles. The highest BCUT2D eigenvalue weighted by Gasteiger charge is 2.73. The molecule has 1 aromatic rings. The van der Waals surface area contributed by atoms with Gasteiger partial charge in [0.25, 0.3) is 0 Å². The number of hydrogen-bond acceptors (Lipinski definition) is 3. The van der Waals surface area contributed by atoms with Crippen LogP contribution in [0.25, 0.3) is 0 Å². The number of unbranched alkanes of at least 4 members (excludes halogenated alkanes) is 10. The molecular weight excluding hydrogens is 498 g/mol. The zero-order valence-corrected chi connectivity index (χ0v) is 22.9. The lowest BCUT2D eigenvalue weighted by atomic mass is 9.39. The maximum atomic E-state index is 13.9. The maximum absolute atomic E-state index is 13.9. The summed E-state index contributed by atoms with van der Waals surface area (Å²) in [6, 6.07) is 0.0693. The number of halogens is 4. The van der Waals surface area contributed by atoms with E-state index in [1.807, 2.05) is 0 Å². The van der Waals surface area contributed by atoms with Gasteiger partial charge >= 0.3 is 5.97 Å². The summed E-state index contributed by atoms with van der Waals surface area (Å²) in [5, 5.41) is 3.14. The van der Waals surface area contributed by atoms with Crippen LogP contribution < -0.4 is 10.1 Å². The number of benzene rings is 1. The molecule has 1 amide bonds. The van der Waals surface area contributed by atoms with Crippen LogP contribution in [0.15, 0.2) is 6.07 Å². The number of nitrogens with one attached hydrogen (secondary N) is 1. The van der Waals surface area contributed by atoms with Gasteiger partial charge in [-0.15, -0.1) is 0 Å². The summed E-state index contributed by atoms with van der Waals surface area (Å²) >= 11 is 0. The molecule has 0 aliphatic heterocycles. The Morgan fingerprint density at radius 2 is 1.24 bits per heavy atom. The second kappa shape index (κ2) is 13.8. The third-order valence-corrected chi connectivity index (χ3v) is 8.30. The average Bonchev–Trinajstić information content (AvgIpc) is 2.84. The molecule has 214 valence electrons. The lowest BCUT2D eigenvalue weighted by Gasteiger charge is -2.68. The van der Waals surface area contributed by atoms with Crippen molar-refractivity contribution in [2.75, 3.05) is 0 Å². The quantitative estimate of drug-likeness (QED) is 0.0669. The third kappa shape index (κ3) is 7.29. The molecule has 1 aromatic carbocycles. The van der Waals surface area contributed by atoms with Gasteiger partial charge in [0, 0.05) is 17.5 Å². The van der Waals surface area contributed by atoms with E-state index in [4.69, 9.17) is 4.74 Å². The van der Waals surface area contributed by atoms with Crippen molar-refractivity contribution in [2.24, 2.45) is 11.3 Å². The summed E-state index contributed by atoms with van der Waals surface area (Å²) in [6.45, 7) is 4.36. The molecule has 0 aromatic heterocycles. The predicted octanol–water partition coefficient (Wildman–Crippen LogP) is 8.30. The number of ether oxygens (including phenoxy) is 1. The molecule has 3 aliphatic rings. The Kier molecular flexibility index (Phi) is 11.0. The van der Waals surface area contributed by atoms with Crippen LogP contribution in [0.2, 0.25) is 0 Å². The monoisotopic (exact) mass is 541 g/mol. The maximum Gasteiger partial charge on any atom is 0.317 e. The average molecular weight is 542 g/mol. The van der Waals surface area contributed by atoms with Gasteiger partial charge in [-0.2, -0.15) is 8.78 Å². The summed E-state index contributed by atoms with van der Waals surface area (Å²) in [5.41, 5.74) is -1.50. The topological polar surface area (TPSA) is 55.4 Å². The fraction of sp³-hybridized carbons (Fsp3) is 0.733. The molecule has 4 rings (SSSR count). The lowest BCUT2D eigenvalue weighted by Crippen LogP contribution is -2.77. The number of carbonyl (C=O) groups is 2. The number of esters is 1. The zero-order chi connectivity index (χ0) is 27.8. The van der Waals surface area contributed by atoms with E-state index in [1.165, 1.54) is 38.5 Å². The van der Waals surface area contributed by atoms with E-state index in [9.17, 15) is 27.2 Å². The summed E-state index contributed by atoms with van der Waals surface area (Å²) < 4.78 is 59.5. The molecule has 0 spiro atoms. The third-order valence-electron chi connectivity index (χ3n) is 8.30. The SMILES string of the molecule is CCCCCCCCCCC(CCCCCC)C(=O)NC12CC(C(=O)Oc3c(F)c(F)cc(F)c3F)(C1)C2. The standard InChI is InChI=1S/C30H43F4NO3/c1-3-5-7-9-10-11-12-14-16-21(15-13-8-6-4-2)27(36)35-30-18-29(19-30,20-30)28(37)38-26-24(33)22(31)17-23(32)25(26)34/h17,21H,3-16,18-20H2,1-2H3,(H,35,36). The van der Waals surface area contributed by atoms with Gasteiger partial charge in [0.1, 0.15) is 0 Å². The Labute approximate surface area is 224 Å². The van der Waals surface area contributed by atoms with Crippen molar-refractivity contribution in [3.63, 3.8) is 0 Å². The van der Waals surface area contributed by atoms with Gasteiger partial charge in [-0.3, -0.25) is 9.59 Å². The van der Waals surface area contributed by atoms with Crippen LogP contribution in [0.1, 0.15) is 123 Å². The first-order valence-corrected chi connectivity index (χ1v) is 14.5. The van der Waals surface area contributed by atoms with Crippen LogP contribution in [0.5, 0.6) is 5.75 Å². The van der Waals surface area contributed by atoms with E-state index in [1.54, 1.807) is 0 Å². The second-order valence-electron chi connectivity index (χ2n) is 11.6. The molecule has 8 heteroatoms. The Balaban J connectivity index is 1.47. The normalized spacial score (nSPS) is 22.4. The van der Waals surface area contributed by atoms with Crippen molar-refractivity contribution in [3.8, 4) is 5.75 Å².